The highest BCUT2D eigenvalue weighted by Gasteiger charge is 2.26. The molecule has 1 aliphatic heterocycles. The van der Waals surface area contributed by atoms with Gasteiger partial charge in [-0.2, -0.15) is 0 Å². The monoisotopic (exact) mass is 316 g/mol. The summed E-state index contributed by atoms with van der Waals surface area (Å²) in [6, 6.07) is 10.5. The van der Waals surface area contributed by atoms with Gasteiger partial charge in [-0.05, 0) is 36.6 Å². The maximum Gasteiger partial charge on any atom is 0.237 e. The molecule has 0 aromatic heterocycles. The third-order valence-corrected chi connectivity index (χ3v) is 4.19. The van der Waals surface area contributed by atoms with Gasteiger partial charge in [0.05, 0.1) is 12.1 Å². The summed E-state index contributed by atoms with van der Waals surface area (Å²) >= 11 is 0. The second-order valence-corrected chi connectivity index (χ2v) is 5.77. The van der Waals surface area contributed by atoms with E-state index < -0.39 is 23.7 Å². The van der Waals surface area contributed by atoms with E-state index in [1.165, 1.54) is 23.8 Å². The minimum atomic E-state index is -0.734. The summed E-state index contributed by atoms with van der Waals surface area (Å²) < 4.78 is 27.6. The average Bonchev–Trinajstić information content (AvgIpc) is 2.54. The van der Waals surface area contributed by atoms with E-state index in [1.54, 1.807) is 6.92 Å². The topological polar surface area (TPSA) is 41.1 Å². The predicted molar refractivity (Wildman–Crippen MR) is 83.7 cm³/mol. The molecule has 0 saturated carbocycles. The van der Waals surface area contributed by atoms with E-state index in [0.717, 1.165) is 5.56 Å². The third-order valence-electron chi connectivity index (χ3n) is 4.19. The summed E-state index contributed by atoms with van der Waals surface area (Å²) in [6.07, 6.45) is 0.564. The fraction of sp³-hybridized carbons (Fsp3) is 0.278. The van der Waals surface area contributed by atoms with Gasteiger partial charge in [0.25, 0.3) is 0 Å². The molecule has 0 radical (unpaired) electrons. The fourth-order valence-electron chi connectivity index (χ4n) is 2.95. The van der Waals surface area contributed by atoms with Crippen LogP contribution in [0, 0.1) is 11.6 Å². The van der Waals surface area contributed by atoms with Crippen LogP contribution in [0.3, 0.4) is 0 Å². The molecule has 2 unspecified atom stereocenters. The van der Waals surface area contributed by atoms with Crippen molar-refractivity contribution in [1.29, 1.82) is 0 Å². The Bertz CT molecular complexity index is 712. The van der Waals surface area contributed by atoms with Crippen LogP contribution in [-0.2, 0) is 17.8 Å². The van der Waals surface area contributed by atoms with Crippen LogP contribution in [0.25, 0.3) is 0 Å². The molecule has 3 nitrogen and oxygen atoms in total. The summed E-state index contributed by atoms with van der Waals surface area (Å²) in [5.41, 5.74) is 2.18. The smallest absolute Gasteiger partial charge is 0.237 e. The molecule has 2 aromatic rings. The van der Waals surface area contributed by atoms with Crippen molar-refractivity contribution in [2.75, 3.05) is 0 Å². The van der Waals surface area contributed by atoms with Crippen LogP contribution in [0.2, 0.25) is 0 Å². The van der Waals surface area contributed by atoms with Crippen LogP contribution in [0.4, 0.5) is 8.78 Å². The van der Waals surface area contributed by atoms with Crippen molar-refractivity contribution >= 4 is 5.91 Å². The lowest BCUT2D eigenvalue weighted by Crippen LogP contribution is -2.48. The SMILES string of the molecule is CC(NC(=O)C1Cc2ccccc2CN1)c1c(F)cccc1F. The van der Waals surface area contributed by atoms with Crippen molar-refractivity contribution in [2.45, 2.75) is 32.0 Å². The molecule has 2 N–H and O–H groups in total. The summed E-state index contributed by atoms with van der Waals surface area (Å²) in [7, 11) is 0. The Morgan fingerprint density at radius 3 is 2.48 bits per heavy atom. The summed E-state index contributed by atoms with van der Waals surface area (Å²) in [5, 5.41) is 5.86. The second-order valence-electron chi connectivity index (χ2n) is 5.77. The lowest BCUT2D eigenvalue weighted by atomic mass is 9.95. The number of benzene rings is 2. The minimum absolute atomic E-state index is 0.114. The van der Waals surface area contributed by atoms with E-state index in [-0.39, 0.29) is 11.5 Å². The molecule has 23 heavy (non-hydrogen) atoms. The molecular formula is C18H18F2N2O. The van der Waals surface area contributed by atoms with Gasteiger partial charge in [0, 0.05) is 12.1 Å². The largest absolute Gasteiger partial charge is 0.348 e. The van der Waals surface area contributed by atoms with Gasteiger partial charge in [-0.1, -0.05) is 30.3 Å². The molecule has 1 aliphatic rings. The van der Waals surface area contributed by atoms with Crippen LogP contribution < -0.4 is 10.6 Å². The molecule has 0 spiro atoms. The Balaban J connectivity index is 1.70. The Labute approximate surface area is 133 Å². The van der Waals surface area contributed by atoms with E-state index in [4.69, 9.17) is 0 Å². The van der Waals surface area contributed by atoms with E-state index in [2.05, 4.69) is 10.6 Å². The van der Waals surface area contributed by atoms with Crippen molar-refractivity contribution in [2.24, 2.45) is 0 Å². The molecule has 1 heterocycles. The van der Waals surface area contributed by atoms with Crippen LogP contribution in [0.5, 0.6) is 0 Å². The first-order chi connectivity index (χ1) is 11.1. The fourth-order valence-corrected chi connectivity index (χ4v) is 2.95. The molecule has 2 atom stereocenters. The van der Waals surface area contributed by atoms with Crippen molar-refractivity contribution in [3.05, 3.63) is 70.8 Å². The van der Waals surface area contributed by atoms with E-state index in [0.29, 0.717) is 13.0 Å². The highest BCUT2D eigenvalue weighted by atomic mass is 19.1. The number of hydrogen-bond acceptors (Lipinski definition) is 2. The molecule has 1 amide bonds. The zero-order chi connectivity index (χ0) is 16.4. The second kappa shape index (κ2) is 6.46. The Morgan fingerprint density at radius 1 is 1.13 bits per heavy atom. The number of nitrogens with one attached hydrogen (secondary N) is 2. The van der Waals surface area contributed by atoms with Crippen molar-refractivity contribution in [3.8, 4) is 0 Å². The minimum Gasteiger partial charge on any atom is -0.348 e. The highest BCUT2D eigenvalue weighted by Crippen LogP contribution is 2.21. The Hall–Kier alpha value is -2.27. The van der Waals surface area contributed by atoms with Gasteiger partial charge in [0.15, 0.2) is 0 Å². The zero-order valence-electron chi connectivity index (χ0n) is 12.8. The number of fused-ring (bicyclic) bond motifs is 1. The van der Waals surface area contributed by atoms with Crippen LogP contribution in [0.1, 0.15) is 29.7 Å². The predicted octanol–water partition coefficient (Wildman–Crippen LogP) is 2.86. The lowest BCUT2D eigenvalue weighted by Gasteiger charge is -2.27. The van der Waals surface area contributed by atoms with Crippen LogP contribution >= 0.6 is 0 Å². The number of carbonyl (C=O) groups excluding carboxylic acids is 1. The van der Waals surface area contributed by atoms with Gasteiger partial charge >= 0.3 is 0 Å². The quantitative estimate of drug-likeness (QED) is 0.914. The number of carbonyl (C=O) groups is 1. The Kier molecular flexibility index (Phi) is 4.39. The molecule has 0 aliphatic carbocycles. The van der Waals surface area contributed by atoms with E-state index in [1.807, 2.05) is 24.3 Å². The van der Waals surface area contributed by atoms with Crippen molar-refractivity contribution in [3.63, 3.8) is 0 Å². The van der Waals surface area contributed by atoms with Crippen molar-refractivity contribution in [1.82, 2.24) is 10.6 Å². The molecular weight excluding hydrogens is 298 g/mol. The molecule has 120 valence electrons. The highest BCUT2D eigenvalue weighted by molar-refractivity contribution is 5.82. The first-order valence-corrected chi connectivity index (χ1v) is 7.60. The molecule has 0 fully saturated rings. The molecule has 0 saturated heterocycles. The molecule has 3 rings (SSSR count). The van der Waals surface area contributed by atoms with Gasteiger partial charge in [0.2, 0.25) is 5.91 Å². The number of rotatable bonds is 3. The van der Waals surface area contributed by atoms with Gasteiger partial charge in [0.1, 0.15) is 11.6 Å². The molecule has 0 bridgehead atoms. The van der Waals surface area contributed by atoms with Gasteiger partial charge in [-0.3, -0.25) is 4.79 Å². The average molecular weight is 316 g/mol. The first kappa shape index (κ1) is 15.6. The first-order valence-electron chi connectivity index (χ1n) is 7.60. The third kappa shape index (κ3) is 3.24. The van der Waals surface area contributed by atoms with Crippen molar-refractivity contribution < 1.29 is 13.6 Å². The summed E-state index contributed by atoms with van der Waals surface area (Å²) in [6.45, 7) is 2.19. The van der Waals surface area contributed by atoms with E-state index >= 15 is 0 Å². The zero-order valence-corrected chi connectivity index (χ0v) is 12.8. The maximum absolute atomic E-state index is 13.8. The van der Waals surface area contributed by atoms with Gasteiger partial charge < -0.3 is 10.6 Å². The maximum atomic E-state index is 13.8. The Morgan fingerprint density at radius 2 is 1.78 bits per heavy atom. The van der Waals surface area contributed by atoms with Crippen LogP contribution in [0.15, 0.2) is 42.5 Å². The normalized spacial score (nSPS) is 18.1. The number of halogens is 2. The molecule has 2 aromatic carbocycles. The lowest BCUT2D eigenvalue weighted by molar-refractivity contribution is -0.124. The van der Waals surface area contributed by atoms with Crippen LogP contribution in [-0.4, -0.2) is 11.9 Å². The van der Waals surface area contributed by atoms with Gasteiger partial charge in [-0.25, -0.2) is 8.78 Å². The molecule has 5 heteroatoms. The number of hydrogen-bond donors (Lipinski definition) is 2. The summed E-state index contributed by atoms with van der Waals surface area (Å²) in [5.74, 6) is -1.56. The summed E-state index contributed by atoms with van der Waals surface area (Å²) in [4.78, 5) is 12.4. The van der Waals surface area contributed by atoms with Gasteiger partial charge in [-0.15, -0.1) is 0 Å². The standard InChI is InChI=1S/C18H18F2N2O/c1-11(17-14(19)7-4-8-15(17)20)22-18(23)16-9-12-5-2-3-6-13(12)10-21-16/h2-8,11,16,21H,9-10H2,1H3,(H,22,23). The number of amides is 1. The van der Waals surface area contributed by atoms with E-state index in [9.17, 15) is 13.6 Å².